The van der Waals surface area contributed by atoms with E-state index in [1.807, 2.05) is 53.4 Å². The Labute approximate surface area is 222 Å². The molecule has 3 aromatic rings. The first-order valence-electron chi connectivity index (χ1n) is 12.5. The zero-order valence-corrected chi connectivity index (χ0v) is 22.1. The van der Waals surface area contributed by atoms with E-state index in [9.17, 15) is 9.59 Å². The second-order valence-electron chi connectivity index (χ2n) is 9.29. The summed E-state index contributed by atoms with van der Waals surface area (Å²) in [4.78, 5) is 35.6. The number of fused-ring (bicyclic) bond motifs is 1. The molecule has 2 fully saturated rings. The summed E-state index contributed by atoms with van der Waals surface area (Å²) in [7, 11) is 1.63. The number of methoxy groups -OCH3 is 1. The van der Waals surface area contributed by atoms with E-state index in [0.29, 0.717) is 29.0 Å². The summed E-state index contributed by atoms with van der Waals surface area (Å²) in [6, 6.07) is 15.0. The molecule has 7 nitrogen and oxygen atoms in total. The maximum atomic E-state index is 13.7. The molecule has 1 aromatic heterocycles. The molecule has 0 radical (unpaired) electrons. The Hall–Kier alpha value is -2.55. The summed E-state index contributed by atoms with van der Waals surface area (Å²) in [6.45, 7) is 4.53. The number of piperidine rings is 1. The number of carbonyl (C=O) groups is 1. The van der Waals surface area contributed by atoms with Crippen LogP contribution < -0.4 is 22.7 Å². The van der Waals surface area contributed by atoms with E-state index in [0.717, 1.165) is 44.0 Å². The molecule has 36 heavy (non-hydrogen) atoms. The second kappa shape index (κ2) is 12.1. The number of benzene rings is 2. The van der Waals surface area contributed by atoms with Crippen LogP contribution in [0.15, 0.2) is 58.5 Å². The van der Waals surface area contributed by atoms with Crippen LogP contribution in [-0.2, 0) is 4.79 Å². The van der Waals surface area contributed by atoms with Crippen LogP contribution in [0, 0.1) is 0 Å². The molecule has 1 atom stereocenters. The van der Waals surface area contributed by atoms with Gasteiger partial charge in [-0.2, -0.15) is 0 Å². The minimum absolute atomic E-state index is 0. The van der Waals surface area contributed by atoms with Gasteiger partial charge in [0.15, 0.2) is 5.16 Å². The number of aromatic nitrogens is 2. The highest BCUT2D eigenvalue weighted by molar-refractivity contribution is 7.99. The van der Waals surface area contributed by atoms with Gasteiger partial charge in [0.2, 0.25) is 5.91 Å². The number of carbonyl (C=O) groups excluding carboxylic acids is 1. The molecule has 5 rings (SSSR count). The summed E-state index contributed by atoms with van der Waals surface area (Å²) in [6.07, 6.45) is 5.26. The highest BCUT2D eigenvalue weighted by Crippen LogP contribution is 2.29. The zero-order valence-electron chi connectivity index (χ0n) is 20.6. The van der Waals surface area contributed by atoms with Crippen molar-refractivity contribution in [3.63, 3.8) is 0 Å². The third kappa shape index (κ3) is 5.88. The summed E-state index contributed by atoms with van der Waals surface area (Å²) in [5.74, 6) is 0.966. The number of amides is 1. The first-order valence-corrected chi connectivity index (χ1v) is 13.3. The Morgan fingerprint density at radius 3 is 2.39 bits per heavy atom. The minimum Gasteiger partial charge on any atom is -1.00 e. The Morgan fingerprint density at radius 2 is 1.69 bits per heavy atom. The number of rotatable bonds is 8. The number of ether oxygens (including phenoxy) is 1. The predicted molar refractivity (Wildman–Crippen MR) is 140 cm³/mol. The standard InChI is InChI=1S/C27H32N4O3S.ClH/c1-34-21-13-11-20(12-14-21)31-26(33)23-8-3-4-9-24(23)28-27(31)35-22(18-29-15-5-2-6-16-29)19-30-17-7-10-25(30)32;/h3-4,8-9,11-14,22H,2,5-7,10,15-19H2,1H3;1H/p-1. The van der Waals surface area contributed by atoms with E-state index in [-0.39, 0.29) is 29.1 Å². The van der Waals surface area contributed by atoms with E-state index in [2.05, 4.69) is 4.90 Å². The lowest BCUT2D eigenvalue weighted by atomic mass is 10.1. The van der Waals surface area contributed by atoms with Crippen molar-refractivity contribution in [2.45, 2.75) is 42.5 Å². The van der Waals surface area contributed by atoms with Crippen molar-refractivity contribution in [1.82, 2.24) is 19.4 Å². The van der Waals surface area contributed by atoms with Gasteiger partial charge < -0.3 is 26.9 Å². The molecule has 3 heterocycles. The molecule has 2 aliphatic heterocycles. The molecule has 9 heteroatoms. The Balaban J connectivity index is 0.00000304. The minimum atomic E-state index is -0.0859. The number of halogens is 1. The number of nitrogens with zero attached hydrogens (tertiary/aromatic N) is 4. The predicted octanol–water partition coefficient (Wildman–Crippen LogP) is 0.967. The number of para-hydroxylation sites is 1. The van der Waals surface area contributed by atoms with E-state index in [1.165, 1.54) is 19.3 Å². The van der Waals surface area contributed by atoms with Gasteiger partial charge in [0.05, 0.1) is 23.7 Å². The fourth-order valence-electron chi connectivity index (χ4n) is 5.00. The average Bonchev–Trinajstić information content (AvgIpc) is 3.29. The maximum Gasteiger partial charge on any atom is 0.266 e. The molecule has 0 N–H and O–H groups in total. The molecule has 0 saturated carbocycles. The molecular formula is C27H32ClN4O3S-. The number of thioether (sulfide) groups is 1. The van der Waals surface area contributed by atoms with Gasteiger partial charge in [-0.1, -0.05) is 30.3 Å². The fourth-order valence-corrected chi connectivity index (χ4v) is 6.29. The van der Waals surface area contributed by atoms with Crippen LogP contribution in [0.1, 0.15) is 32.1 Å². The van der Waals surface area contributed by atoms with Crippen molar-refractivity contribution in [1.29, 1.82) is 0 Å². The first kappa shape index (κ1) is 26.5. The molecule has 2 aromatic carbocycles. The smallest absolute Gasteiger partial charge is 0.266 e. The second-order valence-corrected chi connectivity index (χ2v) is 10.6. The third-order valence-corrected chi connectivity index (χ3v) is 7.97. The van der Waals surface area contributed by atoms with Crippen molar-refractivity contribution in [2.24, 2.45) is 0 Å². The molecule has 2 saturated heterocycles. The fraction of sp³-hybridized carbons (Fsp3) is 0.444. The number of hydrogen-bond acceptors (Lipinski definition) is 6. The van der Waals surface area contributed by atoms with Crippen molar-refractivity contribution >= 4 is 28.6 Å². The van der Waals surface area contributed by atoms with Gasteiger partial charge in [0, 0.05) is 31.3 Å². The Bertz CT molecular complexity index is 1240. The van der Waals surface area contributed by atoms with Crippen LogP contribution >= 0.6 is 11.8 Å². The lowest BCUT2D eigenvalue weighted by Gasteiger charge is -2.32. The highest BCUT2D eigenvalue weighted by atomic mass is 35.5. The summed E-state index contributed by atoms with van der Waals surface area (Å²) >= 11 is 1.62. The molecule has 1 unspecified atom stereocenters. The van der Waals surface area contributed by atoms with Gasteiger partial charge in [-0.25, -0.2) is 4.98 Å². The van der Waals surface area contributed by atoms with Crippen LogP contribution in [0.25, 0.3) is 16.6 Å². The van der Waals surface area contributed by atoms with Crippen molar-refractivity contribution in [3.05, 3.63) is 58.9 Å². The highest BCUT2D eigenvalue weighted by Gasteiger charge is 2.27. The van der Waals surface area contributed by atoms with Gasteiger partial charge in [-0.05, 0) is 68.8 Å². The monoisotopic (exact) mass is 527 g/mol. The quantitative estimate of drug-likeness (QED) is 0.321. The SMILES string of the molecule is COc1ccc(-n2c(SC(CN3CCCCC3)CN3CCCC3=O)nc3ccccc3c2=O)cc1.[Cl-]. The molecule has 0 aliphatic carbocycles. The topological polar surface area (TPSA) is 67.7 Å². The van der Waals surface area contributed by atoms with Crippen LogP contribution in [-0.4, -0.2) is 70.3 Å². The van der Waals surface area contributed by atoms with Gasteiger partial charge in [-0.3, -0.25) is 14.2 Å². The number of likely N-dealkylation sites (tertiary alicyclic amines) is 2. The van der Waals surface area contributed by atoms with Crippen LogP contribution in [0.3, 0.4) is 0 Å². The third-order valence-electron chi connectivity index (χ3n) is 6.85. The van der Waals surface area contributed by atoms with Gasteiger partial charge in [0.1, 0.15) is 5.75 Å². The Morgan fingerprint density at radius 1 is 0.944 bits per heavy atom. The van der Waals surface area contributed by atoms with Gasteiger partial charge >= 0.3 is 0 Å². The lowest BCUT2D eigenvalue weighted by molar-refractivity contribution is -0.127. The van der Waals surface area contributed by atoms with Crippen LogP contribution in [0.4, 0.5) is 0 Å². The largest absolute Gasteiger partial charge is 1.00 e. The van der Waals surface area contributed by atoms with Crippen molar-refractivity contribution in [3.8, 4) is 11.4 Å². The van der Waals surface area contributed by atoms with Gasteiger partial charge in [-0.15, -0.1) is 0 Å². The lowest BCUT2D eigenvalue weighted by Crippen LogP contribution is -3.00. The Kier molecular flexibility index (Phi) is 8.93. The molecule has 0 bridgehead atoms. The van der Waals surface area contributed by atoms with Gasteiger partial charge in [0.25, 0.3) is 5.56 Å². The molecule has 0 spiro atoms. The van der Waals surface area contributed by atoms with E-state index in [1.54, 1.807) is 23.4 Å². The van der Waals surface area contributed by atoms with Crippen molar-refractivity contribution < 1.29 is 21.9 Å². The average molecular weight is 528 g/mol. The van der Waals surface area contributed by atoms with Crippen molar-refractivity contribution in [2.75, 3.05) is 39.8 Å². The molecule has 1 amide bonds. The van der Waals surface area contributed by atoms with Crippen LogP contribution in [0.2, 0.25) is 0 Å². The van der Waals surface area contributed by atoms with E-state index < -0.39 is 0 Å². The summed E-state index contributed by atoms with van der Waals surface area (Å²) in [5.41, 5.74) is 1.36. The van der Waals surface area contributed by atoms with Crippen LogP contribution in [0.5, 0.6) is 5.75 Å². The normalized spacial score (nSPS) is 17.2. The zero-order chi connectivity index (χ0) is 24.2. The molecule has 192 valence electrons. The molecule has 2 aliphatic rings. The number of hydrogen-bond donors (Lipinski definition) is 0. The van der Waals surface area contributed by atoms with E-state index in [4.69, 9.17) is 9.72 Å². The van der Waals surface area contributed by atoms with E-state index >= 15 is 0 Å². The summed E-state index contributed by atoms with van der Waals surface area (Å²) < 4.78 is 7.03. The molecular weight excluding hydrogens is 496 g/mol. The first-order chi connectivity index (χ1) is 17.1. The summed E-state index contributed by atoms with van der Waals surface area (Å²) in [5, 5.41) is 1.37. The maximum absolute atomic E-state index is 13.7.